The second-order valence-corrected chi connectivity index (χ2v) is 7.34. The van der Waals surface area contributed by atoms with E-state index in [1.54, 1.807) is 25.1 Å². The number of rotatable bonds is 4. The Morgan fingerprint density at radius 3 is 2.52 bits per heavy atom. The smallest absolute Gasteiger partial charge is 0.244 e. The van der Waals surface area contributed by atoms with Crippen molar-refractivity contribution < 1.29 is 13.2 Å². The van der Waals surface area contributed by atoms with Crippen LogP contribution in [-0.4, -0.2) is 37.8 Å². The molecule has 1 saturated heterocycles. The van der Waals surface area contributed by atoms with Crippen LogP contribution in [0.1, 0.15) is 26.2 Å². The molecule has 2 rings (SSSR count). The largest absolute Gasteiger partial charge is 0.353 e. The fourth-order valence-electron chi connectivity index (χ4n) is 2.36. The van der Waals surface area contributed by atoms with Gasteiger partial charge in [-0.1, -0.05) is 30.7 Å². The molecule has 1 amide bonds. The summed E-state index contributed by atoms with van der Waals surface area (Å²) >= 11 is 5.98. The van der Waals surface area contributed by atoms with Crippen LogP contribution in [0, 0.1) is 0 Å². The van der Waals surface area contributed by atoms with Gasteiger partial charge in [0.05, 0.1) is 5.02 Å². The number of nitrogens with zero attached hydrogens (tertiary/aromatic N) is 1. The van der Waals surface area contributed by atoms with Gasteiger partial charge in [0, 0.05) is 25.6 Å². The minimum atomic E-state index is -3.56. The Balaban J connectivity index is 2.05. The summed E-state index contributed by atoms with van der Waals surface area (Å²) in [5.41, 5.74) is 0. The highest BCUT2D eigenvalue weighted by molar-refractivity contribution is 7.89. The van der Waals surface area contributed by atoms with Crippen LogP contribution in [0.5, 0.6) is 0 Å². The number of hydrogen-bond acceptors (Lipinski definition) is 3. The minimum Gasteiger partial charge on any atom is -0.353 e. The SMILES string of the molecule is CCC(=O)NC1CCN(S(=O)(=O)c2ccccc2Cl)CC1. The van der Waals surface area contributed by atoms with Crippen molar-refractivity contribution in [2.24, 2.45) is 0 Å². The lowest BCUT2D eigenvalue weighted by atomic mass is 10.1. The Morgan fingerprint density at radius 1 is 1.33 bits per heavy atom. The average molecular weight is 331 g/mol. The first kappa shape index (κ1) is 16.3. The molecule has 0 bridgehead atoms. The van der Waals surface area contributed by atoms with Crippen LogP contribution < -0.4 is 5.32 Å². The van der Waals surface area contributed by atoms with Crippen molar-refractivity contribution in [2.45, 2.75) is 37.1 Å². The van der Waals surface area contributed by atoms with E-state index in [0.29, 0.717) is 32.4 Å². The lowest BCUT2D eigenvalue weighted by Gasteiger charge is -2.31. The molecule has 0 atom stereocenters. The van der Waals surface area contributed by atoms with Crippen LogP contribution >= 0.6 is 11.6 Å². The number of carbonyl (C=O) groups excluding carboxylic acids is 1. The second kappa shape index (κ2) is 6.77. The van der Waals surface area contributed by atoms with Gasteiger partial charge in [-0.05, 0) is 25.0 Å². The Labute approximate surface area is 130 Å². The number of piperidine rings is 1. The summed E-state index contributed by atoms with van der Waals surface area (Å²) in [4.78, 5) is 11.5. The van der Waals surface area contributed by atoms with Gasteiger partial charge in [0.1, 0.15) is 4.90 Å². The lowest BCUT2D eigenvalue weighted by Crippen LogP contribution is -2.46. The van der Waals surface area contributed by atoms with E-state index in [2.05, 4.69) is 5.32 Å². The summed E-state index contributed by atoms with van der Waals surface area (Å²) in [6, 6.07) is 6.50. The third kappa shape index (κ3) is 3.75. The van der Waals surface area contributed by atoms with Crippen molar-refractivity contribution in [3.8, 4) is 0 Å². The molecule has 1 aromatic rings. The van der Waals surface area contributed by atoms with Gasteiger partial charge < -0.3 is 5.32 Å². The van der Waals surface area contributed by atoms with Crippen molar-refractivity contribution in [2.75, 3.05) is 13.1 Å². The van der Waals surface area contributed by atoms with Crippen LogP contribution in [0.3, 0.4) is 0 Å². The molecule has 116 valence electrons. The normalized spacial score (nSPS) is 17.6. The van der Waals surface area contributed by atoms with Gasteiger partial charge in [0.2, 0.25) is 15.9 Å². The van der Waals surface area contributed by atoms with E-state index in [-0.39, 0.29) is 21.9 Å². The Hall–Kier alpha value is -1.11. The van der Waals surface area contributed by atoms with E-state index in [1.165, 1.54) is 10.4 Å². The maximum Gasteiger partial charge on any atom is 0.244 e. The average Bonchev–Trinajstić information content (AvgIpc) is 2.48. The molecular weight excluding hydrogens is 312 g/mol. The van der Waals surface area contributed by atoms with E-state index in [9.17, 15) is 13.2 Å². The molecule has 21 heavy (non-hydrogen) atoms. The van der Waals surface area contributed by atoms with Gasteiger partial charge in [0.25, 0.3) is 0 Å². The maximum absolute atomic E-state index is 12.5. The zero-order valence-electron chi connectivity index (χ0n) is 11.9. The third-order valence-corrected chi connectivity index (χ3v) is 5.99. The van der Waals surface area contributed by atoms with Gasteiger partial charge in [-0.3, -0.25) is 4.79 Å². The number of carbonyl (C=O) groups is 1. The number of nitrogens with one attached hydrogen (secondary N) is 1. The van der Waals surface area contributed by atoms with E-state index in [0.717, 1.165) is 0 Å². The number of amides is 1. The lowest BCUT2D eigenvalue weighted by molar-refractivity contribution is -0.121. The van der Waals surface area contributed by atoms with Crippen molar-refractivity contribution in [1.82, 2.24) is 9.62 Å². The molecule has 7 heteroatoms. The van der Waals surface area contributed by atoms with Crippen LogP contribution in [-0.2, 0) is 14.8 Å². The summed E-state index contributed by atoms with van der Waals surface area (Å²) < 4.78 is 26.5. The fraction of sp³-hybridized carbons (Fsp3) is 0.500. The van der Waals surface area contributed by atoms with Gasteiger partial charge in [-0.25, -0.2) is 8.42 Å². The molecule has 1 aliphatic rings. The molecule has 1 aromatic carbocycles. The predicted octanol–water partition coefficient (Wildman–Crippen LogP) is 2.02. The molecule has 0 aliphatic carbocycles. The summed E-state index contributed by atoms with van der Waals surface area (Å²) in [6.07, 6.45) is 1.68. The van der Waals surface area contributed by atoms with Crippen molar-refractivity contribution >= 4 is 27.5 Å². The van der Waals surface area contributed by atoms with E-state index in [4.69, 9.17) is 11.6 Å². The van der Waals surface area contributed by atoms with E-state index < -0.39 is 10.0 Å². The number of halogens is 1. The molecule has 5 nitrogen and oxygen atoms in total. The fourth-order valence-corrected chi connectivity index (χ4v) is 4.33. The Morgan fingerprint density at radius 2 is 1.95 bits per heavy atom. The van der Waals surface area contributed by atoms with E-state index in [1.807, 2.05) is 0 Å². The van der Waals surface area contributed by atoms with Crippen LogP contribution in [0.4, 0.5) is 0 Å². The second-order valence-electron chi connectivity index (χ2n) is 5.03. The molecular formula is C14H19ClN2O3S. The summed E-state index contributed by atoms with van der Waals surface area (Å²) in [6.45, 7) is 2.58. The standard InChI is InChI=1S/C14H19ClN2O3S/c1-2-14(18)16-11-7-9-17(10-8-11)21(19,20)13-6-4-3-5-12(13)15/h3-6,11H,2,7-10H2,1H3,(H,16,18). The molecule has 1 aliphatic heterocycles. The third-order valence-electron chi connectivity index (χ3n) is 3.59. The predicted molar refractivity (Wildman–Crippen MR) is 81.7 cm³/mol. The van der Waals surface area contributed by atoms with E-state index >= 15 is 0 Å². The molecule has 1 heterocycles. The van der Waals surface area contributed by atoms with Crippen molar-refractivity contribution in [3.63, 3.8) is 0 Å². The molecule has 0 spiro atoms. The molecule has 0 aromatic heterocycles. The molecule has 1 fully saturated rings. The van der Waals surface area contributed by atoms with Crippen LogP contribution in [0.15, 0.2) is 29.2 Å². The monoisotopic (exact) mass is 330 g/mol. The zero-order chi connectivity index (χ0) is 15.5. The summed E-state index contributed by atoms with van der Waals surface area (Å²) in [7, 11) is -3.56. The molecule has 0 saturated carbocycles. The number of benzene rings is 1. The Bertz CT molecular complexity index is 610. The number of sulfonamides is 1. The Kier molecular flexibility index (Phi) is 5.24. The molecule has 1 N–H and O–H groups in total. The van der Waals surface area contributed by atoms with Crippen molar-refractivity contribution in [1.29, 1.82) is 0 Å². The topological polar surface area (TPSA) is 66.5 Å². The highest BCUT2D eigenvalue weighted by Crippen LogP contribution is 2.26. The van der Waals surface area contributed by atoms with Gasteiger partial charge in [-0.2, -0.15) is 4.31 Å². The van der Waals surface area contributed by atoms with Gasteiger partial charge in [-0.15, -0.1) is 0 Å². The first-order valence-electron chi connectivity index (χ1n) is 6.99. The maximum atomic E-state index is 12.5. The quantitative estimate of drug-likeness (QED) is 0.918. The minimum absolute atomic E-state index is 0.00223. The highest BCUT2D eigenvalue weighted by Gasteiger charge is 2.30. The first-order valence-corrected chi connectivity index (χ1v) is 8.81. The van der Waals surface area contributed by atoms with Gasteiger partial charge >= 0.3 is 0 Å². The first-order chi connectivity index (χ1) is 9.95. The van der Waals surface area contributed by atoms with Crippen molar-refractivity contribution in [3.05, 3.63) is 29.3 Å². The van der Waals surface area contributed by atoms with Crippen LogP contribution in [0.2, 0.25) is 5.02 Å². The summed E-state index contributed by atoms with van der Waals surface area (Å²) in [5, 5.41) is 3.14. The number of hydrogen-bond donors (Lipinski definition) is 1. The molecule has 0 unspecified atom stereocenters. The highest BCUT2D eigenvalue weighted by atomic mass is 35.5. The molecule has 0 radical (unpaired) electrons. The van der Waals surface area contributed by atoms with Crippen LogP contribution in [0.25, 0.3) is 0 Å². The zero-order valence-corrected chi connectivity index (χ0v) is 13.5. The summed E-state index contributed by atoms with van der Waals surface area (Å²) in [5.74, 6) is 0.00223. The van der Waals surface area contributed by atoms with Gasteiger partial charge in [0.15, 0.2) is 0 Å².